The standard InChI is InChI=1S/C15H12ClFN4O2/c16-10-4-3-8(6-12(10)18)19-13-9(7-22)15(23)21-5-1-2-11(17)14(21)20-13/h1-6,19,22H,7,18H2. The molecule has 0 unspecified atom stereocenters. The Bertz CT molecular complexity index is 958. The highest BCUT2D eigenvalue weighted by molar-refractivity contribution is 6.33. The molecule has 1 aromatic carbocycles. The number of hydrogen-bond donors (Lipinski definition) is 3. The van der Waals surface area contributed by atoms with Gasteiger partial charge in [0.05, 0.1) is 22.9 Å². The Morgan fingerprint density at radius 3 is 2.87 bits per heavy atom. The molecule has 23 heavy (non-hydrogen) atoms. The quantitative estimate of drug-likeness (QED) is 0.639. The first-order chi connectivity index (χ1) is 11.0. The zero-order valence-electron chi connectivity index (χ0n) is 11.8. The van der Waals surface area contributed by atoms with Crippen molar-refractivity contribution >= 4 is 34.4 Å². The number of rotatable bonds is 3. The van der Waals surface area contributed by atoms with Crippen LogP contribution >= 0.6 is 11.6 Å². The molecule has 0 aliphatic carbocycles. The van der Waals surface area contributed by atoms with Gasteiger partial charge in [-0.2, -0.15) is 0 Å². The van der Waals surface area contributed by atoms with Crippen LogP contribution in [0, 0.1) is 5.82 Å². The highest BCUT2D eigenvalue weighted by atomic mass is 35.5. The molecule has 0 spiro atoms. The van der Waals surface area contributed by atoms with E-state index in [1.54, 1.807) is 18.2 Å². The maximum atomic E-state index is 13.9. The number of fused-ring (bicyclic) bond motifs is 1. The van der Waals surface area contributed by atoms with E-state index < -0.39 is 18.0 Å². The molecule has 3 rings (SSSR count). The number of nitrogens with one attached hydrogen (secondary N) is 1. The maximum absolute atomic E-state index is 13.9. The Morgan fingerprint density at radius 2 is 2.17 bits per heavy atom. The molecule has 0 fully saturated rings. The summed E-state index contributed by atoms with van der Waals surface area (Å²) in [4.78, 5) is 16.5. The summed E-state index contributed by atoms with van der Waals surface area (Å²) in [6, 6.07) is 7.34. The van der Waals surface area contributed by atoms with Crippen LogP contribution in [0.3, 0.4) is 0 Å². The van der Waals surface area contributed by atoms with Gasteiger partial charge < -0.3 is 16.2 Å². The first kappa shape index (κ1) is 15.3. The Kier molecular flexibility index (Phi) is 3.89. The highest BCUT2D eigenvalue weighted by Crippen LogP contribution is 2.25. The van der Waals surface area contributed by atoms with Crippen molar-refractivity contribution in [1.29, 1.82) is 0 Å². The lowest BCUT2D eigenvalue weighted by Gasteiger charge is -2.12. The van der Waals surface area contributed by atoms with Gasteiger partial charge in [0, 0.05) is 11.9 Å². The summed E-state index contributed by atoms with van der Waals surface area (Å²) in [6.45, 7) is -0.545. The first-order valence-electron chi connectivity index (χ1n) is 6.64. The molecule has 0 amide bonds. The van der Waals surface area contributed by atoms with Gasteiger partial charge in [0.25, 0.3) is 5.56 Å². The summed E-state index contributed by atoms with van der Waals surface area (Å²) in [5, 5.41) is 12.7. The summed E-state index contributed by atoms with van der Waals surface area (Å²) in [6.07, 6.45) is 1.39. The zero-order chi connectivity index (χ0) is 16.6. The number of nitrogens with zero attached hydrogens (tertiary/aromatic N) is 2. The van der Waals surface area contributed by atoms with Gasteiger partial charge in [-0.25, -0.2) is 9.37 Å². The number of nitrogen functional groups attached to an aromatic ring is 1. The predicted molar refractivity (Wildman–Crippen MR) is 86.5 cm³/mol. The summed E-state index contributed by atoms with van der Waals surface area (Å²) < 4.78 is 14.9. The molecule has 0 saturated heterocycles. The van der Waals surface area contributed by atoms with Crippen LogP contribution in [0.25, 0.3) is 5.65 Å². The monoisotopic (exact) mass is 334 g/mol. The summed E-state index contributed by atoms with van der Waals surface area (Å²) in [5.41, 5.74) is 5.89. The molecule has 4 N–H and O–H groups in total. The van der Waals surface area contributed by atoms with E-state index in [4.69, 9.17) is 17.3 Å². The molecular formula is C15H12ClFN4O2. The number of aliphatic hydroxyl groups is 1. The third kappa shape index (κ3) is 2.71. The van der Waals surface area contributed by atoms with Crippen LogP contribution in [0.5, 0.6) is 0 Å². The van der Waals surface area contributed by atoms with Crippen molar-refractivity contribution in [2.24, 2.45) is 0 Å². The van der Waals surface area contributed by atoms with Crippen LogP contribution in [-0.2, 0) is 6.61 Å². The van der Waals surface area contributed by atoms with Gasteiger partial charge in [0.15, 0.2) is 11.5 Å². The molecule has 2 aromatic heterocycles. The van der Waals surface area contributed by atoms with Crippen LogP contribution in [-0.4, -0.2) is 14.5 Å². The first-order valence-corrected chi connectivity index (χ1v) is 7.01. The third-order valence-corrected chi connectivity index (χ3v) is 3.66. The smallest absolute Gasteiger partial charge is 0.265 e. The van der Waals surface area contributed by atoms with Crippen molar-refractivity contribution in [1.82, 2.24) is 9.38 Å². The highest BCUT2D eigenvalue weighted by Gasteiger charge is 2.14. The Morgan fingerprint density at radius 1 is 1.39 bits per heavy atom. The SMILES string of the molecule is Nc1cc(Nc2nc3c(F)cccn3c(=O)c2CO)ccc1Cl. The van der Waals surface area contributed by atoms with Crippen LogP contribution in [0.15, 0.2) is 41.3 Å². The number of benzene rings is 1. The molecule has 0 aliphatic heterocycles. The molecule has 3 aromatic rings. The summed E-state index contributed by atoms with van der Waals surface area (Å²) in [5.74, 6) is -0.586. The average Bonchev–Trinajstić information content (AvgIpc) is 2.52. The fourth-order valence-electron chi connectivity index (χ4n) is 2.17. The molecule has 6 nitrogen and oxygen atoms in total. The number of aliphatic hydroxyl groups excluding tert-OH is 1. The van der Waals surface area contributed by atoms with Crippen molar-refractivity contribution < 1.29 is 9.50 Å². The van der Waals surface area contributed by atoms with Gasteiger partial charge in [-0.05, 0) is 30.3 Å². The molecular weight excluding hydrogens is 323 g/mol. The molecule has 0 aliphatic rings. The largest absolute Gasteiger partial charge is 0.397 e. The lowest BCUT2D eigenvalue weighted by molar-refractivity contribution is 0.280. The van der Waals surface area contributed by atoms with Gasteiger partial charge in [0.1, 0.15) is 5.82 Å². The number of halogens is 2. The number of pyridine rings is 1. The van der Waals surface area contributed by atoms with Crippen molar-refractivity contribution in [3.63, 3.8) is 0 Å². The Hall–Kier alpha value is -2.64. The summed E-state index contributed by atoms with van der Waals surface area (Å²) in [7, 11) is 0. The van der Waals surface area contributed by atoms with Gasteiger partial charge >= 0.3 is 0 Å². The minimum atomic E-state index is -0.646. The van der Waals surface area contributed by atoms with E-state index in [9.17, 15) is 14.3 Å². The molecule has 0 saturated carbocycles. The fraction of sp³-hybridized carbons (Fsp3) is 0.0667. The van der Waals surface area contributed by atoms with Crippen LogP contribution in [0.4, 0.5) is 21.6 Å². The number of hydrogen-bond acceptors (Lipinski definition) is 5. The van der Waals surface area contributed by atoms with E-state index in [0.717, 1.165) is 4.40 Å². The van der Waals surface area contributed by atoms with Gasteiger partial charge in [-0.3, -0.25) is 9.20 Å². The predicted octanol–water partition coefficient (Wildman–Crippen LogP) is 2.31. The second kappa shape index (κ2) is 5.86. The van der Waals surface area contributed by atoms with Crippen molar-refractivity contribution in [3.05, 3.63) is 63.3 Å². The minimum absolute atomic E-state index is 0.0154. The fourth-order valence-corrected chi connectivity index (χ4v) is 2.29. The van der Waals surface area contributed by atoms with Crippen molar-refractivity contribution in [3.8, 4) is 0 Å². The van der Waals surface area contributed by atoms with Crippen molar-refractivity contribution in [2.75, 3.05) is 11.1 Å². The van der Waals surface area contributed by atoms with E-state index in [0.29, 0.717) is 16.4 Å². The molecule has 8 heteroatoms. The minimum Gasteiger partial charge on any atom is -0.397 e. The van der Waals surface area contributed by atoms with E-state index in [1.165, 1.54) is 18.3 Å². The van der Waals surface area contributed by atoms with Crippen LogP contribution in [0.2, 0.25) is 5.02 Å². The topological polar surface area (TPSA) is 92.6 Å². The average molecular weight is 335 g/mol. The van der Waals surface area contributed by atoms with E-state index in [1.807, 2.05) is 0 Å². The Labute approximate surface area is 135 Å². The third-order valence-electron chi connectivity index (χ3n) is 3.32. The zero-order valence-corrected chi connectivity index (χ0v) is 12.5. The molecule has 118 valence electrons. The summed E-state index contributed by atoms with van der Waals surface area (Å²) >= 11 is 5.85. The number of nitrogens with two attached hydrogens (primary N) is 1. The van der Waals surface area contributed by atoms with E-state index >= 15 is 0 Å². The van der Waals surface area contributed by atoms with Gasteiger partial charge in [-0.15, -0.1) is 0 Å². The Balaban J connectivity index is 2.18. The molecule has 0 atom stereocenters. The number of aromatic nitrogens is 2. The lowest BCUT2D eigenvalue weighted by atomic mass is 10.2. The van der Waals surface area contributed by atoms with Crippen LogP contribution < -0.4 is 16.6 Å². The lowest BCUT2D eigenvalue weighted by Crippen LogP contribution is -2.22. The van der Waals surface area contributed by atoms with Crippen molar-refractivity contribution in [2.45, 2.75) is 6.61 Å². The second-order valence-corrected chi connectivity index (χ2v) is 5.22. The second-order valence-electron chi connectivity index (χ2n) is 4.81. The maximum Gasteiger partial charge on any atom is 0.265 e. The van der Waals surface area contributed by atoms with Crippen LogP contribution in [0.1, 0.15) is 5.56 Å². The van der Waals surface area contributed by atoms with Gasteiger partial charge in [-0.1, -0.05) is 11.6 Å². The molecule has 0 radical (unpaired) electrons. The van der Waals surface area contributed by atoms with Gasteiger partial charge in [0.2, 0.25) is 0 Å². The number of anilines is 3. The van der Waals surface area contributed by atoms with E-state index in [-0.39, 0.29) is 17.0 Å². The molecule has 0 bridgehead atoms. The molecule has 2 heterocycles. The normalized spacial score (nSPS) is 10.9. The van der Waals surface area contributed by atoms with E-state index in [2.05, 4.69) is 10.3 Å².